The number of rotatable bonds is 6. The fraction of sp³-hybridized carbons (Fsp3) is 0.667. The van der Waals surface area contributed by atoms with Crippen molar-refractivity contribution in [2.75, 3.05) is 6.54 Å². The average molecular weight is 247 g/mol. The molecule has 0 aliphatic heterocycles. The minimum absolute atomic E-state index is 0.0336. The largest absolute Gasteiger partial charge is 0.479 e. The van der Waals surface area contributed by atoms with Gasteiger partial charge in [0.05, 0.1) is 0 Å². The number of primary amides is 1. The van der Waals surface area contributed by atoms with Crippen LogP contribution in [0.25, 0.3) is 0 Å². The van der Waals surface area contributed by atoms with Crippen LogP contribution in [-0.2, 0) is 9.59 Å². The predicted octanol–water partition coefficient (Wildman–Crippen LogP) is -1.61. The molecule has 0 unspecified atom stereocenters. The molecule has 0 aromatic rings. The molecule has 0 heterocycles. The summed E-state index contributed by atoms with van der Waals surface area (Å²) in [6.45, 7) is 2.83. The molecule has 8 heteroatoms. The van der Waals surface area contributed by atoms with Gasteiger partial charge in [0.2, 0.25) is 5.91 Å². The maximum absolute atomic E-state index is 11.3. The van der Waals surface area contributed by atoms with Crippen LogP contribution in [0.15, 0.2) is 0 Å². The van der Waals surface area contributed by atoms with Crippen LogP contribution < -0.4 is 16.4 Å². The molecule has 0 aromatic heterocycles. The van der Waals surface area contributed by atoms with Crippen LogP contribution in [0.1, 0.15) is 20.3 Å². The van der Waals surface area contributed by atoms with Crippen molar-refractivity contribution in [3.8, 4) is 0 Å². The zero-order chi connectivity index (χ0) is 13.6. The molecular formula is C9H17N3O5. The van der Waals surface area contributed by atoms with Gasteiger partial charge in [0, 0.05) is 13.0 Å². The summed E-state index contributed by atoms with van der Waals surface area (Å²) in [6.07, 6.45) is -1.65. The number of carboxylic acid groups (broad SMARTS) is 1. The topological polar surface area (TPSA) is 142 Å². The molecule has 3 amide bonds. The fourth-order valence-electron chi connectivity index (χ4n) is 0.836. The first-order valence-electron chi connectivity index (χ1n) is 4.93. The SMILES string of the molecule is CC(C)(NC(=O)NCC[C@H](O)C(=O)O)C(N)=O. The lowest BCUT2D eigenvalue weighted by atomic mass is 10.1. The smallest absolute Gasteiger partial charge is 0.332 e. The normalized spacial score (nSPS) is 12.6. The molecule has 0 saturated carbocycles. The van der Waals surface area contributed by atoms with E-state index in [1.165, 1.54) is 13.8 Å². The Morgan fingerprint density at radius 2 is 1.88 bits per heavy atom. The van der Waals surface area contributed by atoms with Gasteiger partial charge in [-0.15, -0.1) is 0 Å². The van der Waals surface area contributed by atoms with Crippen molar-refractivity contribution in [1.82, 2.24) is 10.6 Å². The molecule has 1 atom stereocenters. The Balaban J connectivity index is 3.97. The van der Waals surface area contributed by atoms with Gasteiger partial charge in [-0.1, -0.05) is 0 Å². The van der Waals surface area contributed by atoms with Crippen LogP contribution in [0.2, 0.25) is 0 Å². The monoisotopic (exact) mass is 247 g/mol. The van der Waals surface area contributed by atoms with E-state index in [2.05, 4.69) is 10.6 Å². The van der Waals surface area contributed by atoms with Gasteiger partial charge < -0.3 is 26.6 Å². The first kappa shape index (κ1) is 15.2. The van der Waals surface area contributed by atoms with Gasteiger partial charge in [-0.25, -0.2) is 9.59 Å². The Bertz CT molecular complexity index is 316. The van der Waals surface area contributed by atoms with Gasteiger partial charge in [-0.3, -0.25) is 4.79 Å². The number of aliphatic carboxylic acids is 1. The Kier molecular flexibility index (Phi) is 5.39. The van der Waals surface area contributed by atoms with E-state index >= 15 is 0 Å². The maximum Gasteiger partial charge on any atom is 0.332 e. The second-order valence-electron chi connectivity index (χ2n) is 4.01. The second-order valence-corrected chi connectivity index (χ2v) is 4.01. The highest BCUT2D eigenvalue weighted by Crippen LogP contribution is 1.99. The molecule has 0 saturated heterocycles. The number of urea groups is 1. The molecule has 17 heavy (non-hydrogen) atoms. The Morgan fingerprint density at radius 1 is 1.35 bits per heavy atom. The third kappa shape index (κ3) is 5.71. The number of carboxylic acids is 1. The third-order valence-electron chi connectivity index (χ3n) is 2.03. The van der Waals surface area contributed by atoms with E-state index in [1.54, 1.807) is 0 Å². The number of nitrogens with one attached hydrogen (secondary N) is 2. The van der Waals surface area contributed by atoms with E-state index in [-0.39, 0.29) is 13.0 Å². The predicted molar refractivity (Wildman–Crippen MR) is 58.1 cm³/mol. The van der Waals surface area contributed by atoms with Crippen LogP contribution in [0.4, 0.5) is 4.79 Å². The average Bonchev–Trinajstić information content (AvgIpc) is 2.16. The molecule has 6 N–H and O–H groups in total. The molecule has 0 bridgehead atoms. The molecule has 0 aliphatic carbocycles. The van der Waals surface area contributed by atoms with Gasteiger partial charge in [-0.05, 0) is 13.8 Å². The minimum Gasteiger partial charge on any atom is -0.479 e. The van der Waals surface area contributed by atoms with E-state index in [0.717, 1.165) is 0 Å². The zero-order valence-corrected chi connectivity index (χ0v) is 9.69. The summed E-state index contributed by atoms with van der Waals surface area (Å²) in [5, 5.41) is 21.9. The first-order valence-corrected chi connectivity index (χ1v) is 4.93. The highest BCUT2D eigenvalue weighted by atomic mass is 16.4. The molecule has 0 rings (SSSR count). The maximum atomic E-state index is 11.3. The van der Waals surface area contributed by atoms with E-state index in [9.17, 15) is 14.4 Å². The van der Waals surface area contributed by atoms with Gasteiger partial charge in [0.15, 0.2) is 6.10 Å². The van der Waals surface area contributed by atoms with Gasteiger partial charge in [0.25, 0.3) is 0 Å². The quantitative estimate of drug-likeness (QED) is 0.383. The van der Waals surface area contributed by atoms with Crippen LogP contribution in [0.5, 0.6) is 0 Å². The summed E-state index contributed by atoms with van der Waals surface area (Å²) in [5.41, 5.74) is 3.84. The number of nitrogens with two attached hydrogens (primary N) is 1. The van der Waals surface area contributed by atoms with Crippen LogP contribution in [-0.4, -0.2) is 46.3 Å². The lowest BCUT2D eigenvalue weighted by Crippen LogP contribution is -2.56. The number of aliphatic hydroxyl groups is 1. The van der Waals surface area contributed by atoms with Crippen LogP contribution in [0.3, 0.4) is 0 Å². The summed E-state index contributed by atoms with van der Waals surface area (Å²) in [7, 11) is 0. The number of aliphatic hydroxyl groups excluding tert-OH is 1. The molecule has 98 valence electrons. The van der Waals surface area contributed by atoms with Crippen molar-refractivity contribution in [1.29, 1.82) is 0 Å². The van der Waals surface area contributed by atoms with Crippen molar-refractivity contribution >= 4 is 17.9 Å². The summed E-state index contributed by atoms with van der Waals surface area (Å²) in [5.74, 6) is -2.05. The number of hydrogen-bond acceptors (Lipinski definition) is 4. The van der Waals surface area contributed by atoms with Gasteiger partial charge >= 0.3 is 12.0 Å². The van der Waals surface area contributed by atoms with Crippen molar-refractivity contribution in [2.45, 2.75) is 31.9 Å². The summed E-state index contributed by atoms with van der Waals surface area (Å²) < 4.78 is 0. The number of amides is 3. The van der Waals surface area contributed by atoms with E-state index in [1.807, 2.05) is 0 Å². The molecule has 0 aliphatic rings. The fourth-order valence-corrected chi connectivity index (χ4v) is 0.836. The van der Waals surface area contributed by atoms with Gasteiger partial charge in [-0.2, -0.15) is 0 Å². The zero-order valence-electron chi connectivity index (χ0n) is 9.69. The molecule has 0 aromatic carbocycles. The van der Waals surface area contributed by atoms with Crippen molar-refractivity contribution in [3.63, 3.8) is 0 Å². The standard InChI is InChI=1S/C9H17N3O5/c1-9(2,7(10)16)12-8(17)11-4-3-5(13)6(14)15/h5,13H,3-4H2,1-2H3,(H2,10,16)(H,14,15)(H2,11,12,17)/t5-/m0/s1. The number of carbonyl (C=O) groups excluding carboxylic acids is 2. The van der Waals surface area contributed by atoms with E-state index in [0.29, 0.717) is 0 Å². The van der Waals surface area contributed by atoms with Gasteiger partial charge in [0.1, 0.15) is 5.54 Å². The highest BCUT2D eigenvalue weighted by Gasteiger charge is 2.26. The summed E-state index contributed by atoms with van der Waals surface area (Å²) >= 11 is 0. The van der Waals surface area contributed by atoms with E-state index < -0.39 is 29.6 Å². The minimum atomic E-state index is -1.53. The van der Waals surface area contributed by atoms with Crippen LogP contribution in [0, 0.1) is 0 Å². The summed E-state index contributed by atoms with van der Waals surface area (Å²) in [4.78, 5) is 32.4. The van der Waals surface area contributed by atoms with Crippen molar-refractivity contribution < 1.29 is 24.6 Å². The van der Waals surface area contributed by atoms with E-state index in [4.69, 9.17) is 15.9 Å². The Labute approximate surface area is 98.2 Å². The Hall–Kier alpha value is -1.83. The number of carbonyl (C=O) groups is 3. The molecule has 0 spiro atoms. The third-order valence-corrected chi connectivity index (χ3v) is 2.03. The highest BCUT2D eigenvalue weighted by molar-refractivity contribution is 5.89. The lowest BCUT2D eigenvalue weighted by molar-refractivity contribution is -0.146. The summed E-state index contributed by atoms with van der Waals surface area (Å²) in [6, 6.07) is -0.661. The molecule has 8 nitrogen and oxygen atoms in total. The van der Waals surface area contributed by atoms with Crippen molar-refractivity contribution in [2.24, 2.45) is 5.73 Å². The molecule has 0 fully saturated rings. The van der Waals surface area contributed by atoms with Crippen LogP contribution >= 0.6 is 0 Å². The lowest BCUT2D eigenvalue weighted by Gasteiger charge is -2.22. The number of hydrogen-bond donors (Lipinski definition) is 5. The molecular weight excluding hydrogens is 230 g/mol. The molecule has 0 radical (unpaired) electrons. The second kappa shape index (κ2) is 6.04. The van der Waals surface area contributed by atoms with Crippen molar-refractivity contribution in [3.05, 3.63) is 0 Å². The Morgan fingerprint density at radius 3 is 2.29 bits per heavy atom. The first-order chi connectivity index (χ1) is 7.66.